The minimum atomic E-state index is -0.438. The predicted octanol–water partition coefficient (Wildman–Crippen LogP) is 2.59. The Bertz CT molecular complexity index is 504. The van der Waals surface area contributed by atoms with E-state index >= 15 is 0 Å². The van der Waals surface area contributed by atoms with Crippen LogP contribution in [0.25, 0.3) is 0 Å². The Labute approximate surface area is 138 Å². The van der Waals surface area contributed by atoms with Crippen LogP contribution >= 0.6 is 28.3 Å². The third-order valence-corrected chi connectivity index (χ3v) is 4.34. The number of ether oxygens (including phenoxy) is 1. The largest absolute Gasteiger partial charge is 0.381 e. The lowest BCUT2D eigenvalue weighted by Crippen LogP contribution is -2.51. The molecular formula is C14H19BrClFN2O2. The van der Waals surface area contributed by atoms with Crippen molar-refractivity contribution in [3.05, 3.63) is 34.1 Å². The minimum absolute atomic E-state index is 0. The second-order valence-electron chi connectivity index (χ2n) is 4.90. The highest BCUT2D eigenvalue weighted by Gasteiger charge is 2.31. The molecule has 0 aromatic heterocycles. The Kier molecular flexibility index (Phi) is 7.06. The molecule has 1 saturated heterocycles. The van der Waals surface area contributed by atoms with E-state index in [2.05, 4.69) is 15.9 Å². The summed E-state index contributed by atoms with van der Waals surface area (Å²) in [5, 5.41) is 0. The zero-order chi connectivity index (χ0) is 14.7. The van der Waals surface area contributed by atoms with Crippen LogP contribution < -0.4 is 5.73 Å². The number of amides is 1. The van der Waals surface area contributed by atoms with Crippen molar-refractivity contribution in [1.82, 2.24) is 4.90 Å². The summed E-state index contributed by atoms with van der Waals surface area (Å²) in [5.74, 6) is -0.617. The lowest BCUT2D eigenvalue weighted by molar-refractivity contribution is 0.0139. The number of halogens is 3. The maximum absolute atomic E-state index is 13.5. The number of carbonyl (C=O) groups excluding carboxylic acids is 1. The average Bonchev–Trinajstić information content (AvgIpc) is 2.48. The number of carbonyl (C=O) groups is 1. The first kappa shape index (κ1) is 18.4. The summed E-state index contributed by atoms with van der Waals surface area (Å²) in [6.45, 7) is 0.960. The van der Waals surface area contributed by atoms with Crippen LogP contribution in [-0.4, -0.2) is 43.2 Å². The third-order valence-electron chi connectivity index (χ3n) is 3.70. The second-order valence-corrected chi connectivity index (χ2v) is 5.75. The Morgan fingerprint density at radius 3 is 2.86 bits per heavy atom. The molecule has 1 aliphatic heterocycles. The maximum Gasteiger partial charge on any atom is 0.254 e. The fourth-order valence-electron chi connectivity index (χ4n) is 2.51. The highest BCUT2D eigenvalue weighted by atomic mass is 79.9. The van der Waals surface area contributed by atoms with E-state index in [9.17, 15) is 9.18 Å². The van der Waals surface area contributed by atoms with E-state index in [4.69, 9.17) is 10.5 Å². The Morgan fingerprint density at radius 1 is 1.57 bits per heavy atom. The first-order valence-electron chi connectivity index (χ1n) is 6.55. The summed E-state index contributed by atoms with van der Waals surface area (Å²) in [7, 11) is 1.67. The van der Waals surface area contributed by atoms with Crippen LogP contribution in [0.15, 0.2) is 22.7 Å². The molecule has 1 heterocycles. The molecule has 2 N–H and O–H groups in total. The van der Waals surface area contributed by atoms with Gasteiger partial charge in [-0.25, -0.2) is 4.39 Å². The molecule has 0 aliphatic carbocycles. The van der Waals surface area contributed by atoms with Gasteiger partial charge in [0, 0.05) is 31.8 Å². The van der Waals surface area contributed by atoms with Crippen molar-refractivity contribution >= 4 is 34.2 Å². The number of methoxy groups -OCH3 is 1. The average molecular weight is 382 g/mol. The SMILES string of the molecule is COC1CCN(C(=O)c2ccc(Br)c(F)c2)C(CN)C1.Cl. The Morgan fingerprint density at radius 2 is 2.29 bits per heavy atom. The molecule has 2 unspecified atom stereocenters. The van der Waals surface area contributed by atoms with E-state index in [-0.39, 0.29) is 30.5 Å². The molecule has 2 rings (SSSR count). The number of benzene rings is 1. The lowest BCUT2D eigenvalue weighted by atomic mass is 9.98. The number of piperidine rings is 1. The molecule has 4 nitrogen and oxygen atoms in total. The summed E-state index contributed by atoms with van der Waals surface area (Å²) >= 11 is 3.08. The summed E-state index contributed by atoms with van der Waals surface area (Å²) in [4.78, 5) is 14.2. The van der Waals surface area contributed by atoms with Gasteiger partial charge in [0.1, 0.15) is 5.82 Å². The summed E-state index contributed by atoms with van der Waals surface area (Å²) in [5.41, 5.74) is 6.10. The van der Waals surface area contributed by atoms with Crippen LogP contribution in [0.1, 0.15) is 23.2 Å². The molecule has 1 aliphatic rings. The molecule has 118 valence electrons. The van der Waals surface area contributed by atoms with Crippen molar-refractivity contribution < 1.29 is 13.9 Å². The predicted molar refractivity (Wildman–Crippen MR) is 85.3 cm³/mol. The first-order chi connectivity index (χ1) is 9.56. The van der Waals surface area contributed by atoms with Crippen LogP contribution in [0, 0.1) is 5.82 Å². The van der Waals surface area contributed by atoms with Crippen LogP contribution in [0.5, 0.6) is 0 Å². The highest BCUT2D eigenvalue weighted by molar-refractivity contribution is 9.10. The first-order valence-corrected chi connectivity index (χ1v) is 7.35. The molecule has 21 heavy (non-hydrogen) atoms. The molecule has 0 spiro atoms. The number of hydrogen-bond donors (Lipinski definition) is 1. The van der Waals surface area contributed by atoms with Gasteiger partial charge in [0.15, 0.2) is 0 Å². The standard InChI is InChI=1S/C14H18BrFN2O2.ClH/c1-20-11-4-5-18(10(7-11)8-17)14(19)9-2-3-12(15)13(16)6-9;/h2-3,6,10-11H,4-5,7-8,17H2,1H3;1H. The van der Waals surface area contributed by atoms with E-state index < -0.39 is 5.82 Å². The van der Waals surface area contributed by atoms with Crippen molar-refractivity contribution in [2.24, 2.45) is 5.73 Å². The van der Waals surface area contributed by atoms with Gasteiger partial charge in [0.25, 0.3) is 5.91 Å². The monoisotopic (exact) mass is 380 g/mol. The fourth-order valence-corrected chi connectivity index (χ4v) is 2.76. The van der Waals surface area contributed by atoms with Crippen LogP contribution in [0.3, 0.4) is 0 Å². The van der Waals surface area contributed by atoms with Gasteiger partial charge in [0.05, 0.1) is 10.6 Å². The molecule has 1 aromatic carbocycles. The summed E-state index contributed by atoms with van der Waals surface area (Å²) in [6, 6.07) is 4.35. The van der Waals surface area contributed by atoms with Gasteiger partial charge in [-0.2, -0.15) is 0 Å². The van der Waals surface area contributed by atoms with E-state index in [0.29, 0.717) is 23.1 Å². The second kappa shape index (κ2) is 8.08. The van der Waals surface area contributed by atoms with Crippen LogP contribution in [0.4, 0.5) is 4.39 Å². The van der Waals surface area contributed by atoms with Crippen LogP contribution in [0.2, 0.25) is 0 Å². The summed E-state index contributed by atoms with van der Waals surface area (Å²) < 4.78 is 19.2. The van der Waals surface area contributed by atoms with Crippen LogP contribution in [-0.2, 0) is 4.74 Å². The molecule has 1 aromatic rings. The van der Waals surface area contributed by atoms with Gasteiger partial charge >= 0.3 is 0 Å². The number of nitrogens with zero attached hydrogens (tertiary/aromatic N) is 1. The van der Waals surface area contributed by atoms with Gasteiger partial charge in [-0.15, -0.1) is 12.4 Å². The van der Waals surface area contributed by atoms with E-state index in [0.717, 1.165) is 12.8 Å². The molecule has 0 bridgehead atoms. The zero-order valence-corrected chi connectivity index (χ0v) is 14.1. The molecule has 0 saturated carbocycles. The van der Waals surface area contributed by atoms with E-state index in [1.807, 2.05) is 0 Å². The van der Waals surface area contributed by atoms with Crippen molar-refractivity contribution in [3.63, 3.8) is 0 Å². The van der Waals surface area contributed by atoms with Gasteiger partial charge in [-0.05, 0) is 47.0 Å². The van der Waals surface area contributed by atoms with E-state index in [1.165, 1.54) is 6.07 Å². The normalized spacial score (nSPS) is 21.8. The highest BCUT2D eigenvalue weighted by Crippen LogP contribution is 2.23. The van der Waals surface area contributed by atoms with Gasteiger partial charge in [0.2, 0.25) is 0 Å². The minimum Gasteiger partial charge on any atom is -0.381 e. The topological polar surface area (TPSA) is 55.6 Å². The molecule has 0 radical (unpaired) electrons. The molecule has 1 amide bonds. The Balaban J connectivity index is 0.00000220. The lowest BCUT2D eigenvalue weighted by Gasteiger charge is -2.38. The number of likely N-dealkylation sites (tertiary alicyclic amines) is 1. The smallest absolute Gasteiger partial charge is 0.254 e. The molecule has 7 heteroatoms. The Hall–Kier alpha value is -0.690. The number of nitrogens with two attached hydrogens (primary N) is 1. The van der Waals surface area contributed by atoms with Gasteiger partial charge in [-0.3, -0.25) is 4.79 Å². The van der Waals surface area contributed by atoms with Crippen molar-refractivity contribution in [2.75, 3.05) is 20.2 Å². The quantitative estimate of drug-likeness (QED) is 0.875. The van der Waals surface area contributed by atoms with Gasteiger partial charge < -0.3 is 15.4 Å². The van der Waals surface area contributed by atoms with Crippen molar-refractivity contribution in [3.8, 4) is 0 Å². The zero-order valence-electron chi connectivity index (χ0n) is 11.7. The molecule has 2 atom stereocenters. The summed E-state index contributed by atoms with van der Waals surface area (Å²) in [6.07, 6.45) is 1.63. The number of hydrogen-bond acceptors (Lipinski definition) is 3. The van der Waals surface area contributed by atoms with Gasteiger partial charge in [-0.1, -0.05) is 0 Å². The molecular weight excluding hydrogens is 363 g/mol. The fraction of sp³-hybridized carbons (Fsp3) is 0.500. The van der Waals surface area contributed by atoms with Crippen molar-refractivity contribution in [1.29, 1.82) is 0 Å². The third kappa shape index (κ3) is 4.16. The van der Waals surface area contributed by atoms with Crippen molar-refractivity contribution in [2.45, 2.75) is 25.0 Å². The van der Waals surface area contributed by atoms with E-state index in [1.54, 1.807) is 24.1 Å². The number of rotatable bonds is 3. The molecule has 1 fully saturated rings. The maximum atomic E-state index is 13.5.